The predicted octanol–water partition coefficient (Wildman–Crippen LogP) is 2.94. The first-order valence-electron chi connectivity index (χ1n) is 7.67. The van der Waals surface area contributed by atoms with Crippen molar-refractivity contribution in [2.45, 2.75) is 13.3 Å². The second-order valence-electron chi connectivity index (χ2n) is 5.51. The molecule has 25 heavy (non-hydrogen) atoms. The number of hydrogen-bond acceptors (Lipinski definition) is 6. The number of hydrogen-bond donors (Lipinski definition) is 2. The van der Waals surface area contributed by atoms with Gasteiger partial charge in [-0.1, -0.05) is 12.1 Å². The first-order chi connectivity index (χ1) is 11.9. The summed E-state index contributed by atoms with van der Waals surface area (Å²) in [6.45, 7) is 1.64. The summed E-state index contributed by atoms with van der Waals surface area (Å²) in [5, 5.41) is 20.5. The Balaban J connectivity index is 2.73. The second kappa shape index (κ2) is 7.81. The highest BCUT2D eigenvalue weighted by molar-refractivity contribution is 6.01. The third kappa shape index (κ3) is 3.80. The van der Waals surface area contributed by atoms with Gasteiger partial charge in [0.1, 0.15) is 11.5 Å². The Morgan fingerprint density at radius 2 is 1.80 bits per heavy atom. The van der Waals surface area contributed by atoms with E-state index in [1.807, 2.05) is 0 Å². The summed E-state index contributed by atoms with van der Waals surface area (Å²) in [6.07, 6.45) is 0.311. The summed E-state index contributed by atoms with van der Waals surface area (Å²) in [5.74, 6) is -1.31. The molecule has 0 atom stereocenters. The lowest BCUT2D eigenvalue weighted by molar-refractivity contribution is 0.0600. The Hall–Kier alpha value is -2.86. The van der Waals surface area contributed by atoms with Gasteiger partial charge in [0.05, 0.1) is 24.8 Å². The quantitative estimate of drug-likeness (QED) is 0.618. The van der Waals surface area contributed by atoms with Gasteiger partial charge in [-0.15, -0.1) is 0 Å². The summed E-state index contributed by atoms with van der Waals surface area (Å²) in [5.41, 5.74) is 1.83. The normalized spacial score (nSPS) is 10.5. The van der Waals surface area contributed by atoms with Crippen molar-refractivity contribution in [1.82, 2.24) is 0 Å². The fourth-order valence-corrected chi connectivity index (χ4v) is 2.80. The molecule has 0 heterocycles. The fourth-order valence-electron chi connectivity index (χ4n) is 2.80. The third-order valence-electron chi connectivity index (χ3n) is 3.87. The third-order valence-corrected chi connectivity index (χ3v) is 3.87. The first kappa shape index (κ1) is 18.5. The highest BCUT2D eigenvalue weighted by Gasteiger charge is 2.22. The van der Waals surface area contributed by atoms with Crippen LogP contribution in [-0.2, 0) is 15.9 Å². The highest BCUT2D eigenvalue weighted by Crippen LogP contribution is 2.40. The van der Waals surface area contributed by atoms with Crippen molar-refractivity contribution in [1.29, 1.82) is 0 Å². The average molecular weight is 344 g/mol. The van der Waals surface area contributed by atoms with Crippen molar-refractivity contribution in [3.05, 3.63) is 47.0 Å². The molecule has 132 valence electrons. The Morgan fingerprint density at radius 3 is 2.40 bits per heavy atom. The largest absolute Gasteiger partial charge is 0.507 e. The molecule has 2 N–H and O–H groups in total. The molecule has 6 heteroatoms. The van der Waals surface area contributed by atoms with Crippen LogP contribution in [0.3, 0.4) is 0 Å². The monoisotopic (exact) mass is 344 g/mol. The number of ether oxygens (including phenoxy) is 2. The number of ketones is 1. The minimum Gasteiger partial charge on any atom is -0.507 e. The number of phenols is 2. The number of aromatic hydroxyl groups is 2. The van der Waals surface area contributed by atoms with Gasteiger partial charge in [-0.2, -0.15) is 0 Å². The van der Waals surface area contributed by atoms with E-state index >= 15 is 0 Å². The van der Waals surface area contributed by atoms with Crippen LogP contribution in [0.1, 0.15) is 33.2 Å². The maximum Gasteiger partial charge on any atom is 0.337 e. The van der Waals surface area contributed by atoms with E-state index < -0.39 is 5.97 Å². The maximum atomic E-state index is 12.0. The van der Waals surface area contributed by atoms with E-state index in [0.29, 0.717) is 35.3 Å². The van der Waals surface area contributed by atoms with Crippen LogP contribution in [0, 0.1) is 0 Å². The Kier molecular flexibility index (Phi) is 5.77. The van der Waals surface area contributed by atoms with E-state index in [1.54, 1.807) is 24.3 Å². The van der Waals surface area contributed by atoms with Crippen LogP contribution in [0.4, 0.5) is 0 Å². The zero-order valence-corrected chi connectivity index (χ0v) is 14.3. The first-order valence-corrected chi connectivity index (χ1v) is 7.67. The summed E-state index contributed by atoms with van der Waals surface area (Å²) in [6, 6.07) is 7.65. The molecule has 0 spiro atoms. The number of phenolic OH excluding ortho intramolecular Hbond substituents is 2. The zero-order chi connectivity index (χ0) is 18.6. The minimum atomic E-state index is -0.509. The van der Waals surface area contributed by atoms with Crippen LogP contribution in [0.5, 0.6) is 11.5 Å². The van der Waals surface area contributed by atoms with E-state index in [9.17, 15) is 19.8 Å². The van der Waals surface area contributed by atoms with Crippen LogP contribution >= 0.6 is 0 Å². The molecular formula is C19H20O6. The molecule has 2 aromatic carbocycles. The molecule has 0 aromatic heterocycles. The van der Waals surface area contributed by atoms with Gasteiger partial charge in [0.15, 0.2) is 5.78 Å². The van der Waals surface area contributed by atoms with Gasteiger partial charge in [-0.3, -0.25) is 4.79 Å². The van der Waals surface area contributed by atoms with Gasteiger partial charge >= 0.3 is 5.97 Å². The molecule has 0 aliphatic heterocycles. The van der Waals surface area contributed by atoms with Crippen LogP contribution < -0.4 is 0 Å². The molecule has 0 aliphatic rings. The molecule has 6 nitrogen and oxygen atoms in total. The molecule has 2 aromatic rings. The van der Waals surface area contributed by atoms with Gasteiger partial charge in [-0.25, -0.2) is 4.79 Å². The Morgan fingerprint density at radius 1 is 1.08 bits per heavy atom. The molecule has 0 saturated heterocycles. The number of carbonyl (C=O) groups is 2. The average Bonchev–Trinajstić information content (AvgIpc) is 2.58. The highest BCUT2D eigenvalue weighted by atomic mass is 16.5. The lowest BCUT2D eigenvalue weighted by Crippen LogP contribution is -2.07. The molecule has 0 unspecified atom stereocenters. The summed E-state index contributed by atoms with van der Waals surface area (Å²) < 4.78 is 9.80. The van der Waals surface area contributed by atoms with Crippen molar-refractivity contribution in [2.24, 2.45) is 0 Å². The lowest BCUT2D eigenvalue weighted by Gasteiger charge is -2.17. The predicted molar refractivity (Wildman–Crippen MR) is 92.1 cm³/mol. The summed E-state index contributed by atoms with van der Waals surface area (Å²) >= 11 is 0. The SMILES string of the molecule is COCCc1c(C(C)=O)c(O)cc(O)c1-c1cccc(C(=O)OC)c1. The van der Waals surface area contributed by atoms with Crippen molar-refractivity contribution < 1.29 is 29.3 Å². The van der Waals surface area contributed by atoms with Crippen LogP contribution in [0.2, 0.25) is 0 Å². The number of carbonyl (C=O) groups excluding carboxylic acids is 2. The minimum absolute atomic E-state index is 0.133. The molecule has 0 fully saturated rings. The van der Waals surface area contributed by atoms with Crippen molar-refractivity contribution in [2.75, 3.05) is 20.8 Å². The van der Waals surface area contributed by atoms with Crippen molar-refractivity contribution in [3.8, 4) is 22.6 Å². The fraction of sp³-hybridized carbons (Fsp3) is 0.263. The number of Topliss-reactive ketones (excluding diaryl/α,β-unsaturated/α-hetero) is 1. The molecule has 0 aliphatic carbocycles. The second-order valence-corrected chi connectivity index (χ2v) is 5.51. The molecule has 0 bridgehead atoms. The Labute approximate surface area is 145 Å². The molecule has 0 radical (unpaired) electrons. The van der Waals surface area contributed by atoms with Gasteiger partial charge < -0.3 is 19.7 Å². The number of rotatable bonds is 6. The standard InChI is InChI=1S/C19H20O6/c1-11(20)17-14(7-8-24-2)18(16(22)10-15(17)21)12-5-4-6-13(9-12)19(23)25-3/h4-6,9-10,21-22H,7-8H2,1-3H3. The smallest absolute Gasteiger partial charge is 0.337 e. The Bertz CT molecular complexity index is 810. The number of methoxy groups -OCH3 is 2. The molecule has 0 amide bonds. The van der Waals surface area contributed by atoms with Gasteiger partial charge in [0.2, 0.25) is 0 Å². The van der Waals surface area contributed by atoms with E-state index in [2.05, 4.69) is 0 Å². The maximum absolute atomic E-state index is 12.0. The summed E-state index contributed by atoms with van der Waals surface area (Å²) in [7, 11) is 2.80. The van der Waals surface area contributed by atoms with Crippen molar-refractivity contribution in [3.63, 3.8) is 0 Å². The van der Waals surface area contributed by atoms with Crippen LogP contribution in [0.15, 0.2) is 30.3 Å². The van der Waals surface area contributed by atoms with Crippen LogP contribution in [-0.4, -0.2) is 42.8 Å². The van der Waals surface area contributed by atoms with E-state index in [0.717, 1.165) is 6.07 Å². The molecular weight excluding hydrogens is 324 g/mol. The van der Waals surface area contributed by atoms with Gasteiger partial charge in [0.25, 0.3) is 0 Å². The van der Waals surface area contributed by atoms with E-state index in [1.165, 1.54) is 21.1 Å². The lowest BCUT2D eigenvalue weighted by atomic mass is 9.89. The van der Waals surface area contributed by atoms with E-state index in [-0.39, 0.29) is 22.8 Å². The zero-order valence-electron chi connectivity index (χ0n) is 14.3. The van der Waals surface area contributed by atoms with Gasteiger partial charge in [0, 0.05) is 18.7 Å². The summed E-state index contributed by atoms with van der Waals surface area (Å²) in [4.78, 5) is 23.8. The van der Waals surface area contributed by atoms with Crippen LogP contribution in [0.25, 0.3) is 11.1 Å². The number of esters is 1. The number of benzene rings is 2. The van der Waals surface area contributed by atoms with Gasteiger partial charge in [-0.05, 0) is 36.6 Å². The molecule has 0 saturated carbocycles. The van der Waals surface area contributed by atoms with Crippen molar-refractivity contribution >= 4 is 11.8 Å². The van der Waals surface area contributed by atoms with E-state index in [4.69, 9.17) is 9.47 Å². The topological polar surface area (TPSA) is 93.1 Å². The molecule has 2 rings (SSSR count).